The van der Waals surface area contributed by atoms with Crippen LogP contribution in [-0.2, 0) is 6.42 Å². The molecule has 2 heterocycles. The largest absolute Gasteiger partial charge is 0.297 e. The summed E-state index contributed by atoms with van der Waals surface area (Å²) in [5.41, 5.74) is 5.28. The van der Waals surface area contributed by atoms with Gasteiger partial charge in [0.15, 0.2) is 5.65 Å². The van der Waals surface area contributed by atoms with Gasteiger partial charge in [-0.25, -0.2) is 9.97 Å². The van der Waals surface area contributed by atoms with Gasteiger partial charge in [-0.1, -0.05) is 61.2 Å². The van der Waals surface area contributed by atoms with E-state index in [9.17, 15) is 0 Å². The fourth-order valence-corrected chi connectivity index (χ4v) is 3.25. The van der Waals surface area contributed by atoms with Gasteiger partial charge in [0.05, 0.1) is 22.1 Å². The van der Waals surface area contributed by atoms with E-state index in [-0.39, 0.29) is 0 Å². The van der Waals surface area contributed by atoms with Gasteiger partial charge in [-0.2, -0.15) is 0 Å². The molecule has 3 nitrogen and oxygen atoms in total. The number of hydrogen-bond donors (Lipinski definition) is 0. The number of aromatic nitrogens is 3. The first-order valence-electron chi connectivity index (χ1n) is 8.70. The van der Waals surface area contributed by atoms with Crippen molar-refractivity contribution in [3.63, 3.8) is 0 Å². The van der Waals surface area contributed by atoms with Crippen LogP contribution in [-0.4, -0.2) is 14.4 Å². The summed E-state index contributed by atoms with van der Waals surface area (Å²) in [6.07, 6.45) is 13.6. The maximum Gasteiger partial charge on any atom is 0.160 e. The van der Waals surface area contributed by atoms with Gasteiger partial charge >= 0.3 is 0 Å². The van der Waals surface area contributed by atoms with Gasteiger partial charge in [-0.3, -0.25) is 4.40 Å². The molecule has 0 radical (unpaired) electrons. The zero-order valence-corrected chi connectivity index (χ0v) is 14.4. The summed E-state index contributed by atoms with van der Waals surface area (Å²) in [6, 6.07) is 10.4. The second-order valence-electron chi connectivity index (χ2n) is 6.30. The maximum atomic E-state index is 4.96. The molecule has 0 bridgehead atoms. The van der Waals surface area contributed by atoms with Crippen molar-refractivity contribution in [2.24, 2.45) is 0 Å². The lowest BCUT2D eigenvalue weighted by Crippen LogP contribution is -2.24. The van der Waals surface area contributed by atoms with Crippen molar-refractivity contribution >= 4 is 23.9 Å². The molecule has 4 rings (SSSR count). The van der Waals surface area contributed by atoms with Crippen LogP contribution in [0.5, 0.6) is 0 Å². The zero-order valence-electron chi connectivity index (χ0n) is 14.4. The highest BCUT2D eigenvalue weighted by molar-refractivity contribution is 5.73. The van der Waals surface area contributed by atoms with Crippen LogP contribution in [0.2, 0.25) is 0 Å². The second-order valence-corrected chi connectivity index (χ2v) is 6.30. The first kappa shape index (κ1) is 15.6. The molecule has 0 amide bonds. The van der Waals surface area contributed by atoms with Gasteiger partial charge in [0, 0.05) is 12.6 Å². The summed E-state index contributed by atoms with van der Waals surface area (Å²) < 4.78 is 2.08. The first-order valence-corrected chi connectivity index (χ1v) is 8.70. The van der Waals surface area contributed by atoms with E-state index in [1.54, 1.807) is 0 Å². The van der Waals surface area contributed by atoms with Crippen molar-refractivity contribution in [2.75, 3.05) is 0 Å². The van der Waals surface area contributed by atoms with Crippen molar-refractivity contribution < 1.29 is 0 Å². The van der Waals surface area contributed by atoms with Gasteiger partial charge < -0.3 is 0 Å². The summed E-state index contributed by atoms with van der Waals surface area (Å²) >= 11 is 0. The molecule has 0 saturated carbocycles. The van der Waals surface area contributed by atoms with Crippen LogP contribution in [0.15, 0.2) is 54.8 Å². The number of rotatable bonds is 3. The summed E-state index contributed by atoms with van der Waals surface area (Å²) in [5.74, 6) is 0. The molecule has 0 atom stereocenters. The molecular formula is C22H21N3. The van der Waals surface area contributed by atoms with E-state index < -0.39 is 0 Å². The molecule has 0 saturated heterocycles. The van der Waals surface area contributed by atoms with Crippen molar-refractivity contribution in [1.29, 1.82) is 0 Å². The van der Waals surface area contributed by atoms with Crippen molar-refractivity contribution in [3.8, 4) is 0 Å². The minimum atomic E-state index is 0.759. The molecule has 2 aromatic heterocycles. The SMILES string of the molecule is C=c1/c(=C/C)nc2c(Cc3ccccc3)nc(C3=CCCC=C3)cn12. The van der Waals surface area contributed by atoms with Crippen LogP contribution in [0.4, 0.5) is 0 Å². The van der Waals surface area contributed by atoms with Gasteiger partial charge in [0.2, 0.25) is 0 Å². The average molecular weight is 327 g/mol. The molecular weight excluding hydrogens is 306 g/mol. The number of hydrogen-bond acceptors (Lipinski definition) is 2. The van der Waals surface area contributed by atoms with Crippen LogP contribution in [0.1, 0.15) is 36.7 Å². The monoisotopic (exact) mass is 327 g/mol. The molecule has 0 fully saturated rings. The Morgan fingerprint density at radius 2 is 2.00 bits per heavy atom. The smallest absolute Gasteiger partial charge is 0.160 e. The summed E-state index contributed by atoms with van der Waals surface area (Å²) in [4.78, 5) is 9.72. The van der Waals surface area contributed by atoms with E-state index in [4.69, 9.17) is 9.97 Å². The fourth-order valence-electron chi connectivity index (χ4n) is 3.25. The highest BCUT2D eigenvalue weighted by atomic mass is 15.0. The highest BCUT2D eigenvalue weighted by Gasteiger charge is 2.12. The Kier molecular flexibility index (Phi) is 4.06. The Balaban J connectivity index is 1.94. The lowest BCUT2D eigenvalue weighted by atomic mass is 10.0. The average Bonchev–Trinajstić information content (AvgIpc) is 3.00. The number of nitrogens with zero attached hydrogens (tertiary/aromatic N) is 3. The quantitative estimate of drug-likeness (QED) is 0.739. The molecule has 3 aromatic rings. The minimum absolute atomic E-state index is 0.759. The van der Waals surface area contributed by atoms with Crippen LogP contribution in [0.25, 0.3) is 23.9 Å². The third-order valence-corrected chi connectivity index (χ3v) is 4.58. The second kappa shape index (κ2) is 6.52. The Bertz CT molecular complexity index is 1090. The zero-order chi connectivity index (χ0) is 17.2. The standard InChI is InChI=1S/C22H21N3/c1-3-19-16(2)25-15-21(18-12-8-5-9-13-18)23-20(22(25)24-19)14-17-10-6-4-7-11-17/h3-4,6-8,10-13,15H,2,5,9,14H2,1H3/b19-3-. The topological polar surface area (TPSA) is 30.2 Å². The van der Waals surface area contributed by atoms with Gasteiger partial charge in [-0.05, 0) is 30.9 Å². The van der Waals surface area contributed by atoms with Gasteiger partial charge in [-0.15, -0.1) is 0 Å². The fraction of sp³-hybridized carbons (Fsp3) is 0.182. The lowest BCUT2D eigenvalue weighted by molar-refractivity contribution is 0.985. The van der Waals surface area contributed by atoms with E-state index >= 15 is 0 Å². The van der Waals surface area contributed by atoms with E-state index in [0.717, 1.165) is 47.0 Å². The Hall–Kier alpha value is -2.94. The summed E-state index contributed by atoms with van der Waals surface area (Å²) in [7, 11) is 0. The maximum absolute atomic E-state index is 4.96. The van der Waals surface area contributed by atoms with E-state index in [2.05, 4.69) is 59.7 Å². The van der Waals surface area contributed by atoms with Crippen LogP contribution < -0.4 is 10.7 Å². The number of fused-ring (bicyclic) bond motifs is 1. The molecule has 0 spiro atoms. The molecule has 1 aliphatic rings. The third kappa shape index (κ3) is 2.93. The normalized spacial score (nSPS) is 14.9. The molecule has 1 aromatic carbocycles. The minimum Gasteiger partial charge on any atom is -0.297 e. The van der Waals surface area contributed by atoms with Gasteiger partial charge in [0.1, 0.15) is 0 Å². The molecule has 3 heteroatoms. The lowest BCUT2D eigenvalue weighted by Gasteiger charge is -2.10. The Labute approximate surface area is 147 Å². The predicted octanol–water partition coefficient (Wildman–Crippen LogP) is 3.26. The first-order chi connectivity index (χ1) is 12.3. The van der Waals surface area contributed by atoms with E-state index in [0.29, 0.717) is 0 Å². The Morgan fingerprint density at radius 1 is 1.16 bits per heavy atom. The molecule has 0 unspecified atom stereocenters. The summed E-state index contributed by atoms with van der Waals surface area (Å²) in [6.45, 7) is 6.21. The molecule has 0 aliphatic heterocycles. The van der Waals surface area contributed by atoms with Crippen molar-refractivity contribution in [3.05, 3.63) is 82.4 Å². The van der Waals surface area contributed by atoms with Crippen LogP contribution in [0.3, 0.4) is 0 Å². The molecule has 124 valence electrons. The summed E-state index contributed by atoms with van der Waals surface area (Å²) in [5, 5.41) is 1.83. The molecule has 1 aliphatic carbocycles. The highest BCUT2D eigenvalue weighted by Crippen LogP contribution is 2.21. The third-order valence-electron chi connectivity index (χ3n) is 4.58. The van der Waals surface area contributed by atoms with Crippen molar-refractivity contribution in [2.45, 2.75) is 26.2 Å². The van der Waals surface area contributed by atoms with E-state index in [1.807, 2.05) is 19.1 Å². The predicted molar refractivity (Wildman–Crippen MR) is 103 cm³/mol. The molecule has 25 heavy (non-hydrogen) atoms. The Morgan fingerprint density at radius 3 is 2.72 bits per heavy atom. The van der Waals surface area contributed by atoms with Crippen LogP contribution in [0, 0.1) is 0 Å². The number of imidazole rings is 1. The van der Waals surface area contributed by atoms with Crippen molar-refractivity contribution in [1.82, 2.24) is 14.4 Å². The van der Waals surface area contributed by atoms with E-state index in [1.165, 1.54) is 11.1 Å². The molecule has 0 N–H and O–H groups in total. The number of allylic oxidation sites excluding steroid dienone is 4. The number of benzene rings is 1. The van der Waals surface area contributed by atoms with Gasteiger partial charge in [0.25, 0.3) is 0 Å². The van der Waals surface area contributed by atoms with Crippen LogP contribution >= 0.6 is 0 Å².